The predicted molar refractivity (Wildman–Crippen MR) is 336 cm³/mol. The number of hydrogen-bond donors (Lipinski definition) is 4. The van der Waals surface area contributed by atoms with E-state index in [1.807, 2.05) is 0 Å². The highest BCUT2D eigenvalue weighted by Crippen LogP contribution is 2.40. The molecule has 0 radical (unpaired) electrons. The first-order valence-electron chi connectivity index (χ1n) is 29.1. The quantitative estimate of drug-likeness (QED) is 0.0472. The standard InChI is InChI=1S/C73H52N4O16/c1-5-40-9-19-52-60(25-40)70(86)74(66(52)82)32-46(78)36-90-50-17-13-44-15-23-64(92-38-48(80)34-76-68(84)54-21-11-42(7-3)27-62(54)72(76)88)58(56(44)29-50)31-59-57-30-51(91-37-47(79)33-75-67(83)53-20-10-41(6-2)26-61(53)71(75)87)18-14-45(57)16-24-65(59)93-39-49(81)35-77-69(85)55-22-12-43(8-4)28-63(55)73(77)89/h1-4,9-30,46-49,78-81H,31-39H2. The number of hydrogen-bond acceptors (Lipinski definition) is 16. The molecule has 8 aromatic rings. The van der Waals surface area contributed by atoms with E-state index in [0.717, 1.165) is 19.6 Å². The molecule has 93 heavy (non-hydrogen) atoms. The largest absolute Gasteiger partial charge is 0.491 e. The SMILES string of the molecule is C#Cc1ccc2c(c1)C(=O)N(CC(O)COc1ccc3ccc(OCC(O)CN4C(=O)c5ccc(C#C)cc5C4=O)c(Cc4c(OCC(O)CN5C(=O)c6ccc(C#C)cc6C5=O)ccc5ccc(OCC(O)CN6C(=O)c7ccc(C#C)cc7C6=O)cc45)c3c1)C2=O. The minimum Gasteiger partial charge on any atom is -0.491 e. The fourth-order valence-corrected chi connectivity index (χ4v) is 11.7. The van der Waals surface area contributed by atoms with Gasteiger partial charge in [-0.2, -0.15) is 0 Å². The fourth-order valence-electron chi connectivity index (χ4n) is 11.7. The summed E-state index contributed by atoms with van der Waals surface area (Å²) in [6, 6.07) is 34.5. The molecule has 12 rings (SSSR count). The Hall–Kier alpha value is -11.9. The maximum atomic E-state index is 13.6. The molecular formula is C73H52N4O16. The lowest BCUT2D eigenvalue weighted by molar-refractivity contribution is 0.0449. The zero-order chi connectivity index (χ0) is 65.5. The molecule has 4 N–H and O–H groups in total. The molecule has 4 unspecified atom stereocenters. The molecule has 8 amide bonds. The molecule has 8 aromatic carbocycles. The lowest BCUT2D eigenvalue weighted by Crippen LogP contribution is -2.39. The first-order chi connectivity index (χ1) is 44.8. The van der Waals surface area contributed by atoms with Crippen LogP contribution in [0.25, 0.3) is 21.5 Å². The van der Waals surface area contributed by atoms with Crippen molar-refractivity contribution in [2.75, 3.05) is 52.6 Å². The first-order valence-corrected chi connectivity index (χ1v) is 29.1. The van der Waals surface area contributed by atoms with Crippen LogP contribution in [0, 0.1) is 49.4 Å². The Bertz CT molecular complexity index is 4450. The summed E-state index contributed by atoms with van der Waals surface area (Å²) in [5.41, 5.74) is 3.33. The molecule has 20 heteroatoms. The van der Waals surface area contributed by atoms with Gasteiger partial charge in [-0.15, -0.1) is 25.7 Å². The Labute approximate surface area is 531 Å². The molecule has 460 valence electrons. The highest BCUT2D eigenvalue weighted by Gasteiger charge is 2.41. The summed E-state index contributed by atoms with van der Waals surface area (Å²) in [5.74, 6) is 5.50. The van der Waals surface area contributed by atoms with E-state index in [1.165, 1.54) is 72.8 Å². The van der Waals surface area contributed by atoms with Crippen molar-refractivity contribution in [2.45, 2.75) is 30.8 Å². The average molecular weight is 1240 g/mol. The van der Waals surface area contributed by atoms with Crippen molar-refractivity contribution < 1.29 is 77.7 Å². The Balaban J connectivity index is 0.864. The van der Waals surface area contributed by atoms with Crippen LogP contribution in [0.1, 0.15) is 116 Å². The number of rotatable bonds is 22. The minimum absolute atomic E-state index is 0.0864. The smallest absolute Gasteiger partial charge is 0.261 e. The van der Waals surface area contributed by atoms with E-state index < -0.39 is 124 Å². The van der Waals surface area contributed by atoms with Gasteiger partial charge in [-0.25, -0.2) is 0 Å². The summed E-state index contributed by atoms with van der Waals surface area (Å²) in [7, 11) is 0. The second-order valence-electron chi connectivity index (χ2n) is 22.4. The number of imide groups is 4. The maximum absolute atomic E-state index is 13.6. The molecule has 4 aliphatic heterocycles. The summed E-state index contributed by atoms with van der Waals surface area (Å²) in [4.78, 5) is 111. The molecule has 0 bridgehead atoms. The Morgan fingerprint density at radius 1 is 0.323 bits per heavy atom. The van der Waals surface area contributed by atoms with E-state index in [2.05, 4.69) is 23.7 Å². The third-order valence-corrected chi connectivity index (χ3v) is 16.3. The number of benzene rings is 8. The van der Waals surface area contributed by atoms with Crippen LogP contribution in [-0.2, 0) is 6.42 Å². The Kier molecular flexibility index (Phi) is 16.6. The van der Waals surface area contributed by atoms with Crippen LogP contribution in [0.3, 0.4) is 0 Å². The van der Waals surface area contributed by atoms with Crippen molar-refractivity contribution in [3.63, 3.8) is 0 Å². The third kappa shape index (κ3) is 11.7. The first kappa shape index (κ1) is 61.4. The highest BCUT2D eigenvalue weighted by molar-refractivity contribution is 6.24. The van der Waals surface area contributed by atoms with Gasteiger partial charge < -0.3 is 39.4 Å². The zero-order valence-corrected chi connectivity index (χ0v) is 49.2. The van der Waals surface area contributed by atoms with Crippen LogP contribution < -0.4 is 18.9 Å². The van der Waals surface area contributed by atoms with Gasteiger partial charge in [0.05, 0.1) is 70.7 Å². The van der Waals surface area contributed by atoms with Crippen molar-refractivity contribution in [1.29, 1.82) is 0 Å². The number of carbonyl (C=O) groups excluding carboxylic acids is 8. The van der Waals surface area contributed by atoms with Crippen molar-refractivity contribution in [3.8, 4) is 72.4 Å². The Morgan fingerprint density at radius 3 is 0.860 bits per heavy atom. The van der Waals surface area contributed by atoms with Crippen molar-refractivity contribution in [1.82, 2.24) is 19.6 Å². The zero-order valence-electron chi connectivity index (χ0n) is 49.2. The number of aliphatic hydroxyl groups excluding tert-OH is 4. The molecule has 4 aliphatic rings. The minimum atomic E-state index is -1.45. The Morgan fingerprint density at radius 2 is 0.581 bits per heavy atom. The van der Waals surface area contributed by atoms with Crippen LogP contribution in [0.4, 0.5) is 0 Å². The number of nitrogens with zero attached hydrogens (tertiary/aromatic N) is 4. The predicted octanol–water partition coefficient (Wildman–Crippen LogP) is 5.65. The summed E-state index contributed by atoms with van der Waals surface area (Å²) in [5, 5.41) is 48.0. The lowest BCUT2D eigenvalue weighted by atomic mass is 9.93. The van der Waals surface area contributed by atoms with Gasteiger partial charge in [0.1, 0.15) is 73.8 Å². The second kappa shape index (κ2) is 25.2. The van der Waals surface area contributed by atoms with E-state index >= 15 is 0 Å². The van der Waals surface area contributed by atoms with Gasteiger partial charge >= 0.3 is 0 Å². The number of carbonyl (C=O) groups is 8. The van der Waals surface area contributed by atoms with E-state index in [4.69, 9.17) is 44.6 Å². The van der Waals surface area contributed by atoms with Crippen LogP contribution in [0.15, 0.2) is 133 Å². The molecule has 0 fully saturated rings. The van der Waals surface area contributed by atoms with Gasteiger partial charge in [0.15, 0.2) is 0 Å². The molecule has 0 spiro atoms. The molecule has 0 saturated heterocycles. The molecule has 0 saturated carbocycles. The average Bonchev–Trinajstić information content (AvgIpc) is 1.67. The van der Waals surface area contributed by atoms with Crippen LogP contribution >= 0.6 is 0 Å². The van der Waals surface area contributed by atoms with E-state index in [1.54, 1.807) is 60.7 Å². The number of amides is 8. The number of terminal acetylenes is 4. The van der Waals surface area contributed by atoms with Gasteiger partial charge in [-0.05, 0) is 131 Å². The normalized spacial score (nSPS) is 15.1. The topological polar surface area (TPSA) is 267 Å². The fraction of sp³-hybridized carbons (Fsp3) is 0.178. The summed E-state index contributed by atoms with van der Waals surface area (Å²) in [6.07, 6.45) is 16.5. The molecular weight excluding hydrogens is 1190 g/mol. The lowest BCUT2D eigenvalue weighted by Gasteiger charge is -2.23. The second-order valence-corrected chi connectivity index (χ2v) is 22.4. The van der Waals surface area contributed by atoms with Crippen molar-refractivity contribution in [2.24, 2.45) is 0 Å². The monoisotopic (exact) mass is 1240 g/mol. The molecule has 20 nitrogen and oxygen atoms in total. The number of β-amino-alcohol motifs (C(OH)–C–C–N with tert-alkyl or cyclic N) is 4. The van der Waals surface area contributed by atoms with Crippen LogP contribution in [-0.4, -0.2) is 164 Å². The van der Waals surface area contributed by atoms with Crippen LogP contribution in [0.5, 0.6) is 23.0 Å². The summed E-state index contributed by atoms with van der Waals surface area (Å²) < 4.78 is 25.3. The van der Waals surface area contributed by atoms with E-state index in [0.29, 0.717) is 54.9 Å². The van der Waals surface area contributed by atoms with Gasteiger partial charge in [-0.3, -0.25) is 58.0 Å². The van der Waals surface area contributed by atoms with Gasteiger partial charge in [0, 0.05) is 39.8 Å². The molecule has 0 aromatic heterocycles. The molecule has 4 heterocycles. The van der Waals surface area contributed by atoms with Gasteiger partial charge in [0.2, 0.25) is 0 Å². The van der Waals surface area contributed by atoms with E-state index in [-0.39, 0.29) is 73.9 Å². The van der Waals surface area contributed by atoms with Crippen molar-refractivity contribution in [3.05, 3.63) is 211 Å². The van der Waals surface area contributed by atoms with E-state index in [9.17, 15) is 58.8 Å². The third-order valence-electron chi connectivity index (χ3n) is 16.3. The van der Waals surface area contributed by atoms with Gasteiger partial charge in [-0.1, -0.05) is 47.9 Å². The number of aliphatic hydroxyl groups is 4. The maximum Gasteiger partial charge on any atom is 0.261 e. The molecule has 0 aliphatic carbocycles. The number of ether oxygens (including phenoxy) is 4. The number of fused-ring (bicyclic) bond motifs is 6. The summed E-state index contributed by atoms with van der Waals surface area (Å²) >= 11 is 0. The highest BCUT2D eigenvalue weighted by atomic mass is 16.5. The van der Waals surface area contributed by atoms with Crippen molar-refractivity contribution >= 4 is 68.8 Å². The van der Waals surface area contributed by atoms with Crippen LogP contribution in [0.2, 0.25) is 0 Å². The van der Waals surface area contributed by atoms with Gasteiger partial charge in [0.25, 0.3) is 47.3 Å². The molecule has 4 atom stereocenters. The summed E-state index contributed by atoms with van der Waals surface area (Å²) in [6.45, 7) is -3.49.